The van der Waals surface area contributed by atoms with Crippen LogP contribution in [0.3, 0.4) is 0 Å². The number of hydrogen-bond donors (Lipinski definition) is 1. The molecule has 1 rings (SSSR count). The van der Waals surface area contributed by atoms with Crippen molar-refractivity contribution in [1.82, 2.24) is 4.90 Å². The number of piperidine rings is 1. The van der Waals surface area contributed by atoms with Crippen LogP contribution in [-0.2, 0) is 4.74 Å². The van der Waals surface area contributed by atoms with Crippen molar-refractivity contribution in [3.05, 3.63) is 0 Å². The van der Waals surface area contributed by atoms with Gasteiger partial charge in [-0.2, -0.15) is 0 Å². The summed E-state index contributed by atoms with van der Waals surface area (Å²) < 4.78 is 5.07. The van der Waals surface area contributed by atoms with Crippen molar-refractivity contribution in [3.63, 3.8) is 0 Å². The predicted octanol–water partition coefficient (Wildman–Crippen LogP) is 1.62. The van der Waals surface area contributed by atoms with Crippen molar-refractivity contribution in [2.24, 2.45) is 5.73 Å². The second-order valence-electron chi connectivity index (χ2n) is 4.46. The summed E-state index contributed by atoms with van der Waals surface area (Å²) in [5.74, 6) is 0. The fourth-order valence-electron chi connectivity index (χ4n) is 2.43. The number of nitrogens with zero attached hydrogens (tertiary/aromatic N) is 1. The molecule has 3 heteroatoms. The summed E-state index contributed by atoms with van der Waals surface area (Å²) in [7, 11) is 1.78. The first-order valence-electron chi connectivity index (χ1n) is 6.31. The van der Waals surface area contributed by atoms with Gasteiger partial charge in [0.15, 0.2) is 0 Å². The zero-order valence-electron chi connectivity index (χ0n) is 10.1. The maximum atomic E-state index is 5.65. The lowest BCUT2D eigenvalue weighted by Crippen LogP contribution is -2.41. The summed E-state index contributed by atoms with van der Waals surface area (Å²) in [5, 5.41) is 0. The average Bonchev–Trinajstić information content (AvgIpc) is 2.27. The lowest BCUT2D eigenvalue weighted by Gasteiger charge is -2.35. The molecule has 3 nitrogen and oxygen atoms in total. The highest BCUT2D eigenvalue weighted by Crippen LogP contribution is 2.19. The van der Waals surface area contributed by atoms with Crippen LogP contribution in [0, 0.1) is 0 Å². The van der Waals surface area contributed by atoms with Gasteiger partial charge in [0.25, 0.3) is 0 Å². The molecule has 90 valence electrons. The minimum atomic E-state index is 0.756. The highest BCUT2D eigenvalue weighted by atomic mass is 16.5. The van der Waals surface area contributed by atoms with Crippen LogP contribution in [0.25, 0.3) is 0 Å². The Morgan fingerprint density at radius 2 is 2.20 bits per heavy atom. The molecule has 0 aliphatic carbocycles. The topological polar surface area (TPSA) is 38.5 Å². The summed E-state index contributed by atoms with van der Waals surface area (Å²) in [6.45, 7) is 4.24. The van der Waals surface area contributed by atoms with Gasteiger partial charge in [-0.25, -0.2) is 0 Å². The maximum absolute atomic E-state index is 5.65. The fourth-order valence-corrected chi connectivity index (χ4v) is 2.43. The zero-order chi connectivity index (χ0) is 10.9. The molecular formula is C12H26N2O. The molecule has 0 aromatic heterocycles. The van der Waals surface area contributed by atoms with E-state index in [9.17, 15) is 0 Å². The molecule has 0 radical (unpaired) electrons. The van der Waals surface area contributed by atoms with Gasteiger partial charge in [-0.1, -0.05) is 6.42 Å². The molecule has 0 saturated carbocycles. The van der Waals surface area contributed by atoms with Crippen molar-refractivity contribution in [2.75, 3.05) is 33.4 Å². The second-order valence-corrected chi connectivity index (χ2v) is 4.46. The standard InChI is InChI=1S/C12H26N2O/c1-15-11-5-4-10-14-9-3-2-6-12(14)7-8-13/h12H,2-11,13H2,1H3. The first-order chi connectivity index (χ1) is 7.38. The van der Waals surface area contributed by atoms with Gasteiger partial charge in [-0.3, -0.25) is 0 Å². The van der Waals surface area contributed by atoms with Gasteiger partial charge in [-0.15, -0.1) is 0 Å². The predicted molar refractivity (Wildman–Crippen MR) is 64.0 cm³/mol. The number of unbranched alkanes of at least 4 members (excludes halogenated alkanes) is 1. The van der Waals surface area contributed by atoms with Crippen LogP contribution in [0.2, 0.25) is 0 Å². The van der Waals surface area contributed by atoms with Crippen molar-refractivity contribution < 1.29 is 4.74 Å². The van der Waals surface area contributed by atoms with E-state index in [1.165, 1.54) is 51.6 Å². The summed E-state index contributed by atoms with van der Waals surface area (Å²) in [6.07, 6.45) is 7.72. The molecule has 1 atom stereocenters. The van der Waals surface area contributed by atoms with E-state index in [4.69, 9.17) is 10.5 Å². The Labute approximate surface area is 94.0 Å². The number of likely N-dealkylation sites (tertiary alicyclic amines) is 1. The van der Waals surface area contributed by atoms with Gasteiger partial charge < -0.3 is 15.4 Å². The molecule has 0 amide bonds. The van der Waals surface area contributed by atoms with Crippen LogP contribution in [0.15, 0.2) is 0 Å². The molecule has 1 saturated heterocycles. The van der Waals surface area contributed by atoms with Gasteiger partial charge in [0.2, 0.25) is 0 Å². The highest BCUT2D eigenvalue weighted by molar-refractivity contribution is 4.76. The minimum absolute atomic E-state index is 0.756. The van der Waals surface area contributed by atoms with Crippen LogP contribution < -0.4 is 5.73 Å². The Hall–Kier alpha value is -0.120. The van der Waals surface area contributed by atoms with E-state index in [1.54, 1.807) is 7.11 Å². The molecule has 0 aromatic rings. The smallest absolute Gasteiger partial charge is 0.0462 e. The number of rotatable bonds is 7. The van der Waals surface area contributed by atoms with Crippen molar-refractivity contribution in [3.8, 4) is 0 Å². The van der Waals surface area contributed by atoms with Gasteiger partial charge in [0.05, 0.1) is 0 Å². The Morgan fingerprint density at radius 3 is 2.93 bits per heavy atom. The van der Waals surface area contributed by atoms with Crippen molar-refractivity contribution in [1.29, 1.82) is 0 Å². The monoisotopic (exact) mass is 214 g/mol. The van der Waals surface area contributed by atoms with E-state index in [-0.39, 0.29) is 0 Å². The summed E-state index contributed by atoms with van der Waals surface area (Å²) in [6, 6.07) is 0.756. The Balaban J connectivity index is 2.17. The SMILES string of the molecule is COCCCCN1CCCCC1CCN. The second kappa shape index (κ2) is 8.08. The van der Waals surface area contributed by atoms with E-state index in [0.29, 0.717) is 0 Å². The highest BCUT2D eigenvalue weighted by Gasteiger charge is 2.20. The van der Waals surface area contributed by atoms with Crippen LogP contribution in [0.5, 0.6) is 0 Å². The quantitative estimate of drug-likeness (QED) is 0.654. The van der Waals surface area contributed by atoms with Gasteiger partial charge in [0.1, 0.15) is 0 Å². The fraction of sp³-hybridized carbons (Fsp3) is 1.00. The Morgan fingerprint density at radius 1 is 1.33 bits per heavy atom. The van der Waals surface area contributed by atoms with E-state index in [2.05, 4.69) is 4.90 Å². The van der Waals surface area contributed by atoms with Gasteiger partial charge in [-0.05, 0) is 51.7 Å². The van der Waals surface area contributed by atoms with Crippen LogP contribution in [-0.4, -0.2) is 44.3 Å². The molecule has 1 aliphatic heterocycles. The van der Waals surface area contributed by atoms with Gasteiger partial charge >= 0.3 is 0 Å². The lowest BCUT2D eigenvalue weighted by atomic mass is 9.99. The average molecular weight is 214 g/mol. The molecule has 15 heavy (non-hydrogen) atoms. The first-order valence-corrected chi connectivity index (χ1v) is 6.31. The molecule has 0 spiro atoms. The van der Waals surface area contributed by atoms with Gasteiger partial charge in [0, 0.05) is 19.8 Å². The zero-order valence-corrected chi connectivity index (χ0v) is 10.1. The normalized spacial score (nSPS) is 23.2. The molecule has 0 aromatic carbocycles. The number of methoxy groups -OCH3 is 1. The summed E-state index contributed by atoms with van der Waals surface area (Å²) in [4.78, 5) is 2.63. The van der Waals surface area contributed by atoms with Crippen molar-refractivity contribution in [2.45, 2.75) is 44.6 Å². The molecule has 2 N–H and O–H groups in total. The first kappa shape index (κ1) is 12.9. The molecule has 1 unspecified atom stereocenters. The van der Waals surface area contributed by atoms with E-state index in [1.807, 2.05) is 0 Å². The molecule has 1 fully saturated rings. The number of hydrogen-bond acceptors (Lipinski definition) is 3. The van der Waals surface area contributed by atoms with Crippen LogP contribution in [0.4, 0.5) is 0 Å². The third-order valence-corrected chi connectivity index (χ3v) is 3.29. The molecule has 1 aliphatic rings. The number of nitrogens with two attached hydrogens (primary N) is 1. The summed E-state index contributed by atoms with van der Waals surface area (Å²) >= 11 is 0. The molecule has 0 bridgehead atoms. The Bertz CT molecular complexity index is 151. The molecular weight excluding hydrogens is 188 g/mol. The maximum Gasteiger partial charge on any atom is 0.0462 e. The lowest BCUT2D eigenvalue weighted by molar-refractivity contribution is 0.131. The van der Waals surface area contributed by atoms with E-state index in [0.717, 1.165) is 19.2 Å². The third kappa shape index (κ3) is 4.96. The number of ether oxygens (including phenoxy) is 1. The van der Waals surface area contributed by atoms with Crippen molar-refractivity contribution >= 4 is 0 Å². The summed E-state index contributed by atoms with van der Waals surface area (Å²) in [5.41, 5.74) is 5.65. The Kier molecular flexibility index (Phi) is 6.98. The molecule has 1 heterocycles. The van der Waals surface area contributed by atoms with E-state index >= 15 is 0 Å². The van der Waals surface area contributed by atoms with Crippen LogP contribution >= 0.6 is 0 Å². The van der Waals surface area contributed by atoms with E-state index < -0.39 is 0 Å². The minimum Gasteiger partial charge on any atom is -0.385 e. The van der Waals surface area contributed by atoms with Crippen LogP contribution in [0.1, 0.15) is 38.5 Å². The third-order valence-electron chi connectivity index (χ3n) is 3.29. The largest absolute Gasteiger partial charge is 0.385 e.